The van der Waals surface area contributed by atoms with E-state index in [0.717, 1.165) is 16.9 Å². The van der Waals surface area contributed by atoms with Gasteiger partial charge in [-0.05, 0) is 42.5 Å². The van der Waals surface area contributed by atoms with Crippen LogP contribution in [0.1, 0.15) is 10.4 Å². The molecule has 0 unspecified atom stereocenters. The maximum atomic E-state index is 11.0. The second kappa shape index (κ2) is 7.18. The van der Waals surface area contributed by atoms with E-state index in [0.29, 0.717) is 17.2 Å². The Morgan fingerprint density at radius 3 is 2.08 bits per heavy atom. The maximum Gasteiger partial charge on any atom is 0.335 e. The van der Waals surface area contributed by atoms with Crippen LogP contribution in [-0.4, -0.2) is 42.2 Å². The molecule has 0 radical (unpaired) electrons. The Kier molecular flexibility index (Phi) is 4.79. The van der Waals surface area contributed by atoms with Crippen molar-refractivity contribution in [1.82, 2.24) is 9.78 Å². The third kappa shape index (κ3) is 3.06. The highest BCUT2D eigenvalue weighted by atomic mass is 16.5. The summed E-state index contributed by atoms with van der Waals surface area (Å²) in [6.45, 7) is 0. The molecule has 7 nitrogen and oxygen atoms in total. The molecule has 1 N–H and O–H groups in total. The number of benzene rings is 2. The first-order valence-electron chi connectivity index (χ1n) is 7.77. The number of methoxy groups -OCH3 is 3. The molecule has 0 fully saturated rings. The van der Waals surface area contributed by atoms with Crippen LogP contribution in [-0.2, 0) is 0 Å². The summed E-state index contributed by atoms with van der Waals surface area (Å²) in [6.07, 6.45) is 1.67. The van der Waals surface area contributed by atoms with Crippen LogP contribution in [0.3, 0.4) is 0 Å². The predicted molar refractivity (Wildman–Crippen MR) is 95.6 cm³/mol. The molecule has 0 bridgehead atoms. The van der Waals surface area contributed by atoms with Crippen LogP contribution >= 0.6 is 0 Å². The van der Waals surface area contributed by atoms with E-state index < -0.39 is 5.97 Å². The number of hydrogen-bond donors (Lipinski definition) is 1. The van der Waals surface area contributed by atoms with E-state index in [1.165, 1.54) is 12.1 Å². The maximum absolute atomic E-state index is 11.0. The van der Waals surface area contributed by atoms with Gasteiger partial charge in [-0.1, -0.05) is 0 Å². The molecule has 26 heavy (non-hydrogen) atoms. The first-order valence-corrected chi connectivity index (χ1v) is 7.77. The lowest BCUT2D eigenvalue weighted by Gasteiger charge is -2.15. The van der Waals surface area contributed by atoms with Crippen LogP contribution in [0.25, 0.3) is 16.9 Å². The SMILES string of the molecule is COc1cc(-c2ccnn2-c2ccc(C(=O)O)cc2)cc(OC)c1OC. The topological polar surface area (TPSA) is 82.8 Å². The van der Waals surface area contributed by atoms with E-state index in [2.05, 4.69) is 5.10 Å². The molecule has 2 aromatic carbocycles. The first kappa shape index (κ1) is 17.3. The standard InChI is InChI=1S/C19H18N2O5/c1-24-16-10-13(11-17(25-2)18(16)26-3)15-8-9-20-21(15)14-6-4-12(5-7-14)19(22)23/h4-11H,1-3H3,(H,22,23). The van der Waals surface area contributed by atoms with Gasteiger partial charge in [0.05, 0.1) is 44.5 Å². The van der Waals surface area contributed by atoms with Crippen molar-refractivity contribution in [3.8, 4) is 34.2 Å². The van der Waals surface area contributed by atoms with Crippen molar-refractivity contribution in [3.63, 3.8) is 0 Å². The zero-order chi connectivity index (χ0) is 18.7. The van der Waals surface area contributed by atoms with E-state index in [-0.39, 0.29) is 5.56 Å². The van der Waals surface area contributed by atoms with Gasteiger partial charge in [-0.3, -0.25) is 0 Å². The molecule has 0 aliphatic carbocycles. The zero-order valence-electron chi connectivity index (χ0n) is 14.6. The smallest absolute Gasteiger partial charge is 0.335 e. The Morgan fingerprint density at radius 1 is 0.962 bits per heavy atom. The molecule has 3 rings (SSSR count). The minimum atomic E-state index is -0.970. The molecule has 0 spiro atoms. The van der Waals surface area contributed by atoms with Gasteiger partial charge in [0, 0.05) is 5.56 Å². The fraction of sp³-hybridized carbons (Fsp3) is 0.158. The summed E-state index contributed by atoms with van der Waals surface area (Å²) >= 11 is 0. The molecule has 0 saturated heterocycles. The summed E-state index contributed by atoms with van der Waals surface area (Å²) in [5.41, 5.74) is 2.57. The lowest BCUT2D eigenvalue weighted by atomic mass is 10.1. The van der Waals surface area contributed by atoms with Gasteiger partial charge in [-0.15, -0.1) is 0 Å². The van der Waals surface area contributed by atoms with Crippen LogP contribution in [0, 0.1) is 0 Å². The molecule has 0 amide bonds. The Morgan fingerprint density at radius 2 is 1.58 bits per heavy atom. The van der Waals surface area contributed by atoms with Crippen molar-refractivity contribution < 1.29 is 24.1 Å². The Labute approximate surface area is 150 Å². The Hall–Kier alpha value is -3.48. The molecule has 1 aromatic heterocycles. The van der Waals surface area contributed by atoms with Crippen molar-refractivity contribution in [1.29, 1.82) is 0 Å². The highest BCUT2D eigenvalue weighted by Crippen LogP contribution is 2.41. The summed E-state index contributed by atoms with van der Waals surface area (Å²) in [4.78, 5) is 11.0. The minimum absolute atomic E-state index is 0.218. The van der Waals surface area contributed by atoms with Crippen molar-refractivity contribution in [2.45, 2.75) is 0 Å². The second-order valence-corrected chi connectivity index (χ2v) is 5.39. The van der Waals surface area contributed by atoms with Crippen LogP contribution in [0.15, 0.2) is 48.7 Å². The molecule has 7 heteroatoms. The second-order valence-electron chi connectivity index (χ2n) is 5.39. The highest BCUT2D eigenvalue weighted by Gasteiger charge is 2.17. The number of carbonyl (C=O) groups is 1. The predicted octanol–water partition coefficient (Wildman–Crippen LogP) is 3.26. The van der Waals surface area contributed by atoms with Gasteiger partial charge in [-0.2, -0.15) is 5.10 Å². The number of nitrogens with zero attached hydrogens (tertiary/aromatic N) is 2. The molecule has 134 valence electrons. The van der Waals surface area contributed by atoms with Crippen molar-refractivity contribution in [2.24, 2.45) is 0 Å². The van der Waals surface area contributed by atoms with Crippen LogP contribution in [0.4, 0.5) is 0 Å². The molecule has 1 heterocycles. The van der Waals surface area contributed by atoms with Gasteiger partial charge < -0.3 is 19.3 Å². The van der Waals surface area contributed by atoms with Crippen molar-refractivity contribution in [2.75, 3.05) is 21.3 Å². The van der Waals surface area contributed by atoms with Gasteiger partial charge in [0.1, 0.15) is 0 Å². The van der Waals surface area contributed by atoms with Gasteiger partial charge in [0.25, 0.3) is 0 Å². The van der Waals surface area contributed by atoms with E-state index >= 15 is 0 Å². The fourth-order valence-electron chi connectivity index (χ4n) is 2.70. The summed E-state index contributed by atoms with van der Waals surface area (Å²) < 4.78 is 17.9. The van der Waals surface area contributed by atoms with Gasteiger partial charge in [0.2, 0.25) is 5.75 Å². The number of aromatic nitrogens is 2. The van der Waals surface area contributed by atoms with E-state index in [4.69, 9.17) is 19.3 Å². The lowest BCUT2D eigenvalue weighted by Crippen LogP contribution is -2.02. The van der Waals surface area contributed by atoms with E-state index in [1.54, 1.807) is 44.3 Å². The third-order valence-electron chi connectivity index (χ3n) is 3.96. The Balaban J connectivity index is 2.09. The van der Waals surface area contributed by atoms with Gasteiger partial charge in [0.15, 0.2) is 11.5 Å². The molecule has 0 aliphatic rings. The first-order chi connectivity index (χ1) is 12.6. The summed E-state index contributed by atoms with van der Waals surface area (Å²) in [5, 5.41) is 13.4. The van der Waals surface area contributed by atoms with Crippen molar-refractivity contribution in [3.05, 3.63) is 54.2 Å². The highest BCUT2D eigenvalue weighted by molar-refractivity contribution is 5.87. The average Bonchev–Trinajstić information content (AvgIpc) is 3.16. The van der Waals surface area contributed by atoms with E-state index in [9.17, 15) is 4.79 Å². The van der Waals surface area contributed by atoms with Gasteiger partial charge >= 0.3 is 5.97 Å². The molecule has 0 aliphatic heterocycles. The molecule has 0 atom stereocenters. The molecule has 0 saturated carbocycles. The van der Waals surface area contributed by atoms with Crippen molar-refractivity contribution >= 4 is 5.97 Å². The lowest BCUT2D eigenvalue weighted by molar-refractivity contribution is 0.0697. The average molecular weight is 354 g/mol. The largest absolute Gasteiger partial charge is 0.493 e. The summed E-state index contributed by atoms with van der Waals surface area (Å²) in [6, 6.07) is 12.0. The number of rotatable bonds is 6. The number of carboxylic acids is 1. The number of carboxylic acid groups (broad SMARTS) is 1. The normalized spacial score (nSPS) is 10.4. The Bertz CT molecular complexity index is 906. The summed E-state index contributed by atoms with van der Waals surface area (Å²) in [5.74, 6) is 0.615. The van der Waals surface area contributed by atoms with Crippen LogP contribution in [0.5, 0.6) is 17.2 Å². The monoisotopic (exact) mass is 354 g/mol. The van der Waals surface area contributed by atoms with Crippen LogP contribution < -0.4 is 14.2 Å². The molecule has 3 aromatic rings. The number of hydrogen-bond acceptors (Lipinski definition) is 5. The molecular weight excluding hydrogens is 336 g/mol. The summed E-state index contributed by atoms with van der Waals surface area (Å²) in [7, 11) is 4.67. The fourth-order valence-corrected chi connectivity index (χ4v) is 2.70. The van der Waals surface area contributed by atoms with Gasteiger partial charge in [-0.25, -0.2) is 9.48 Å². The zero-order valence-corrected chi connectivity index (χ0v) is 14.6. The third-order valence-corrected chi connectivity index (χ3v) is 3.96. The van der Waals surface area contributed by atoms with E-state index in [1.807, 2.05) is 18.2 Å². The quantitative estimate of drug-likeness (QED) is 0.732. The minimum Gasteiger partial charge on any atom is -0.493 e. The van der Waals surface area contributed by atoms with Crippen LogP contribution in [0.2, 0.25) is 0 Å². The number of aromatic carboxylic acids is 1. The number of ether oxygens (including phenoxy) is 3. The molecular formula is C19H18N2O5.